The van der Waals surface area contributed by atoms with Gasteiger partial charge in [0.15, 0.2) is 0 Å². The molecule has 0 unspecified atom stereocenters. The van der Waals surface area contributed by atoms with Crippen LogP contribution in [0.1, 0.15) is 38.5 Å². The number of carbonyl (C=O) groups is 1. The van der Waals surface area contributed by atoms with Crippen molar-refractivity contribution in [1.82, 2.24) is 4.98 Å². The zero-order valence-electron chi connectivity index (χ0n) is 12.1. The topological polar surface area (TPSA) is 79.1 Å². The molecular weight excluding hydrogens is 288 g/mol. The second-order valence-corrected chi connectivity index (χ2v) is 5.39. The number of aliphatic hydroxyl groups excluding tert-OH is 1. The van der Waals surface area contributed by atoms with Gasteiger partial charge in [-0.3, -0.25) is 4.79 Å². The van der Waals surface area contributed by atoms with Gasteiger partial charge in [0.1, 0.15) is 6.61 Å². The minimum Gasteiger partial charge on any atom is -0.387 e. The number of aromatic amines is 1. The number of H-pyrrole nitrogens is 1. The maximum atomic E-state index is 9.34. The number of rotatable bonds is 1. The molecule has 0 saturated heterocycles. The van der Waals surface area contributed by atoms with E-state index in [1.54, 1.807) is 0 Å². The summed E-state index contributed by atoms with van der Waals surface area (Å²) in [5, 5.41) is 9.61. The largest absolute Gasteiger partial charge is 0.387 e. The predicted molar refractivity (Wildman–Crippen MR) is 87.3 cm³/mol. The lowest BCUT2D eigenvalue weighted by Gasteiger charge is -2.05. The number of hydrogen-bond donors (Lipinski definition) is 3. The maximum Gasteiger partial charge on any atom is 0.243 e. The van der Waals surface area contributed by atoms with Crippen LogP contribution in [0.25, 0.3) is 10.9 Å². The molecule has 0 radical (unpaired) electrons. The number of nitrogens with two attached hydrogens (primary N) is 1. The predicted octanol–water partition coefficient (Wildman–Crippen LogP) is 3.63. The van der Waals surface area contributed by atoms with Crippen molar-refractivity contribution in [2.24, 2.45) is 5.73 Å². The second-order valence-electron chi connectivity index (χ2n) is 4.95. The minimum absolute atomic E-state index is 0.556. The molecular formula is C16H23ClN2O2. The highest BCUT2D eigenvalue weighted by Gasteiger charge is 1.95. The Morgan fingerprint density at radius 2 is 1.67 bits per heavy atom. The van der Waals surface area contributed by atoms with Gasteiger partial charge in [-0.05, 0) is 24.3 Å². The molecule has 21 heavy (non-hydrogen) atoms. The van der Waals surface area contributed by atoms with Crippen molar-refractivity contribution >= 4 is 28.4 Å². The molecule has 0 bridgehead atoms. The monoisotopic (exact) mass is 310 g/mol. The molecule has 1 aliphatic carbocycles. The highest BCUT2D eigenvalue weighted by atomic mass is 35.5. The molecule has 0 spiro atoms. The van der Waals surface area contributed by atoms with Crippen LogP contribution in [0.3, 0.4) is 0 Å². The molecule has 4 N–H and O–H groups in total. The van der Waals surface area contributed by atoms with Crippen molar-refractivity contribution in [2.75, 3.05) is 6.61 Å². The van der Waals surface area contributed by atoms with Crippen LogP contribution in [0.15, 0.2) is 30.5 Å². The Labute approximate surface area is 130 Å². The number of halogens is 1. The van der Waals surface area contributed by atoms with E-state index in [4.69, 9.17) is 16.7 Å². The maximum absolute atomic E-state index is 9.34. The Kier molecular flexibility index (Phi) is 8.55. The molecule has 1 fully saturated rings. The molecule has 0 atom stereocenters. The first-order valence-electron chi connectivity index (χ1n) is 7.25. The average Bonchev–Trinajstić information content (AvgIpc) is 2.97. The first-order chi connectivity index (χ1) is 10.1. The molecule has 1 amide bonds. The van der Waals surface area contributed by atoms with E-state index in [1.807, 2.05) is 30.5 Å². The summed E-state index contributed by atoms with van der Waals surface area (Å²) in [5.74, 6) is -0.690. The first-order valence-corrected chi connectivity index (χ1v) is 7.63. The highest BCUT2D eigenvalue weighted by Crippen LogP contribution is 2.17. The molecule has 116 valence electrons. The van der Waals surface area contributed by atoms with Crippen molar-refractivity contribution < 1.29 is 9.90 Å². The normalized spacial score (nSPS) is 13.6. The molecule has 5 heteroatoms. The zero-order chi connectivity index (χ0) is 15.5. The van der Waals surface area contributed by atoms with Gasteiger partial charge in [0.2, 0.25) is 5.91 Å². The molecule has 1 aliphatic rings. The number of benzene rings is 1. The summed E-state index contributed by atoms with van der Waals surface area (Å²) < 4.78 is 0. The molecule has 3 rings (SSSR count). The Morgan fingerprint density at radius 3 is 2.14 bits per heavy atom. The summed E-state index contributed by atoms with van der Waals surface area (Å²) >= 11 is 5.76. The number of fused-ring (bicyclic) bond motifs is 1. The van der Waals surface area contributed by atoms with Crippen LogP contribution in [-0.4, -0.2) is 22.6 Å². The van der Waals surface area contributed by atoms with E-state index in [0.717, 1.165) is 15.9 Å². The Bertz CT molecular complexity index is 524. The quantitative estimate of drug-likeness (QED) is 0.752. The van der Waals surface area contributed by atoms with Crippen LogP contribution in [0.5, 0.6) is 0 Å². The molecule has 4 nitrogen and oxygen atoms in total. The number of aliphatic hydroxyl groups is 1. The fraction of sp³-hybridized carbons (Fsp3) is 0.438. The van der Waals surface area contributed by atoms with Crippen molar-refractivity contribution in [3.8, 4) is 0 Å². The van der Waals surface area contributed by atoms with Gasteiger partial charge in [0.25, 0.3) is 0 Å². The van der Waals surface area contributed by atoms with E-state index in [0.29, 0.717) is 0 Å². The van der Waals surface area contributed by atoms with Gasteiger partial charge in [-0.15, -0.1) is 0 Å². The number of hydrogen-bond acceptors (Lipinski definition) is 2. The van der Waals surface area contributed by atoms with Crippen molar-refractivity contribution in [1.29, 1.82) is 0 Å². The van der Waals surface area contributed by atoms with Gasteiger partial charge in [-0.25, -0.2) is 0 Å². The third-order valence-electron chi connectivity index (χ3n) is 3.17. The summed E-state index contributed by atoms with van der Waals surface area (Å²) in [6, 6.07) is 7.78. The molecule has 0 aliphatic heterocycles. The van der Waals surface area contributed by atoms with Gasteiger partial charge in [0, 0.05) is 22.1 Å². The number of nitrogens with one attached hydrogen (secondary N) is 1. The van der Waals surface area contributed by atoms with Crippen molar-refractivity contribution in [2.45, 2.75) is 38.5 Å². The number of amides is 1. The van der Waals surface area contributed by atoms with Gasteiger partial charge >= 0.3 is 0 Å². The third kappa shape index (κ3) is 7.73. The summed E-state index contributed by atoms with van der Waals surface area (Å²) in [4.78, 5) is 12.4. The van der Waals surface area contributed by atoms with Crippen molar-refractivity contribution in [3.63, 3.8) is 0 Å². The molecule has 1 aromatic heterocycles. The standard InChI is InChI=1S/C8H6ClN.C6H12.C2H5NO2/c9-7-1-2-8-6(5-7)3-4-10-8;1-2-4-6-5-3-1;3-2(5)1-4/h1-5,10H;1-6H2;4H,1H2,(H2,3,5). The van der Waals surface area contributed by atoms with Gasteiger partial charge in [-0.1, -0.05) is 50.1 Å². The third-order valence-corrected chi connectivity index (χ3v) is 3.41. The lowest BCUT2D eigenvalue weighted by atomic mass is 10.0. The summed E-state index contributed by atoms with van der Waals surface area (Å²) in [6.07, 6.45) is 10.9. The van der Waals surface area contributed by atoms with Gasteiger partial charge < -0.3 is 15.8 Å². The summed E-state index contributed by atoms with van der Waals surface area (Å²) in [6.45, 7) is -0.556. The van der Waals surface area contributed by atoms with E-state index in [9.17, 15) is 4.79 Å². The molecule has 1 saturated carbocycles. The smallest absolute Gasteiger partial charge is 0.243 e. The highest BCUT2D eigenvalue weighted by molar-refractivity contribution is 6.31. The Balaban J connectivity index is 0.000000173. The minimum atomic E-state index is -0.690. The zero-order valence-corrected chi connectivity index (χ0v) is 12.9. The van der Waals surface area contributed by atoms with E-state index >= 15 is 0 Å². The number of aromatic nitrogens is 1. The lowest BCUT2D eigenvalue weighted by Crippen LogP contribution is -2.14. The fourth-order valence-electron chi connectivity index (χ4n) is 2.08. The molecule has 2 aromatic rings. The Hall–Kier alpha value is -1.52. The van der Waals surface area contributed by atoms with Crippen LogP contribution in [0, 0.1) is 0 Å². The van der Waals surface area contributed by atoms with Crippen molar-refractivity contribution in [3.05, 3.63) is 35.5 Å². The van der Waals surface area contributed by atoms with Crippen LogP contribution in [-0.2, 0) is 4.79 Å². The van der Waals surface area contributed by atoms with Crippen LogP contribution in [0.2, 0.25) is 5.02 Å². The Morgan fingerprint density at radius 1 is 1.14 bits per heavy atom. The van der Waals surface area contributed by atoms with E-state index < -0.39 is 12.5 Å². The van der Waals surface area contributed by atoms with Crippen LogP contribution in [0.4, 0.5) is 0 Å². The first kappa shape index (κ1) is 17.5. The van der Waals surface area contributed by atoms with E-state index in [-0.39, 0.29) is 0 Å². The number of carbonyl (C=O) groups excluding carboxylic acids is 1. The van der Waals surface area contributed by atoms with E-state index in [1.165, 1.54) is 38.5 Å². The van der Waals surface area contributed by atoms with Crippen LogP contribution >= 0.6 is 11.6 Å². The van der Waals surface area contributed by atoms with Crippen LogP contribution < -0.4 is 5.73 Å². The SMILES string of the molecule is C1CCCCC1.Clc1ccc2[nH]ccc2c1.NC(=O)CO. The molecule has 1 aromatic carbocycles. The van der Waals surface area contributed by atoms with Gasteiger partial charge in [0.05, 0.1) is 0 Å². The second kappa shape index (κ2) is 10.2. The number of primary amides is 1. The van der Waals surface area contributed by atoms with Gasteiger partial charge in [-0.2, -0.15) is 0 Å². The summed E-state index contributed by atoms with van der Waals surface area (Å²) in [7, 11) is 0. The summed E-state index contributed by atoms with van der Waals surface area (Å²) in [5.41, 5.74) is 5.53. The van der Waals surface area contributed by atoms with E-state index in [2.05, 4.69) is 10.7 Å². The lowest BCUT2D eigenvalue weighted by molar-refractivity contribution is -0.120. The average molecular weight is 311 g/mol. The molecule has 1 heterocycles. The fourth-order valence-corrected chi connectivity index (χ4v) is 2.27.